The number of Topliss-reactive ketones (excluding diaryl/α,β-unsaturated/α-hetero) is 1. The van der Waals surface area contributed by atoms with Crippen LogP contribution in [0.4, 0.5) is 5.69 Å². The number of hydrogen-bond acceptors (Lipinski definition) is 5. The second-order valence-corrected chi connectivity index (χ2v) is 8.51. The number of hydrogen-bond donors (Lipinski definition) is 1. The van der Waals surface area contributed by atoms with E-state index in [0.717, 1.165) is 48.4 Å². The normalized spacial score (nSPS) is 19.8. The van der Waals surface area contributed by atoms with Gasteiger partial charge in [-0.15, -0.1) is 0 Å². The molecule has 0 radical (unpaired) electrons. The van der Waals surface area contributed by atoms with Gasteiger partial charge in [-0.25, -0.2) is 0 Å². The molecule has 2 aliphatic heterocycles. The summed E-state index contributed by atoms with van der Waals surface area (Å²) >= 11 is 0. The average molecular weight is 435 g/mol. The summed E-state index contributed by atoms with van der Waals surface area (Å²) in [6.45, 7) is 5.89. The van der Waals surface area contributed by atoms with Gasteiger partial charge in [-0.3, -0.25) is 9.59 Å². The monoisotopic (exact) mass is 434 g/mol. The fourth-order valence-corrected chi connectivity index (χ4v) is 4.51. The van der Waals surface area contributed by atoms with Gasteiger partial charge >= 0.3 is 0 Å². The van der Waals surface area contributed by atoms with Crippen LogP contribution in [0.15, 0.2) is 48.0 Å². The van der Waals surface area contributed by atoms with Crippen LogP contribution >= 0.6 is 0 Å². The van der Waals surface area contributed by atoms with Crippen LogP contribution in [0.5, 0.6) is 5.75 Å². The molecule has 2 aromatic rings. The maximum atomic E-state index is 13.2. The largest absolute Gasteiger partial charge is 0.507 e. The number of carbonyl (C=O) groups is 2. The number of likely N-dealkylation sites (N-methyl/N-ethyl adjacent to an activating group) is 1. The van der Waals surface area contributed by atoms with E-state index < -0.39 is 17.7 Å². The molecular formula is C26H30N2O4. The maximum Gasteiger partial charge on any atom is 0.295 e. The van der Waals surface area contributed by atoms with Crippen LogP contribution in [0.3, 0.4) is 0 Å². The molecule has 0 spiro atoms. The number of unbranched alkanes of at least 4 members (excludes halogenated alkanes) is 2. The number of ether oxygens (including phenoxy) is 1. The third-order valence-electron chi connectivity index (χ3n) is 6.35. The van der Waals surface area contributed by atoms with Crippen molar-refractivity contribution < 1.29 is 19.4 Å². The van der Waals surface area contributed by atoms with Crippen molar-refractivity contribution in [3.8, 4) is 5.75 Å². The predicted molar refractivity (Wildman–Crippen MR) is 125 cm³/mol. The number of fused-ring (bicyclic) bond motifs is 1. The van der Waals surface area contributed by atoms with Crippen LogP contribution in [0.1, 0.15) is 48.9 Å². The van der Waals surface area contributed by atoms with Gasteiger partial charge in [0.15, 0.2) is 0 Å². The lowest BCUT2D eigenvalue weighted by atomic mass is 9.92. The smallest absolute Gasteiger partial charge is 0.295 e. The van der Waals surface area contributed by atoms with Gasteiger partial charge in [0.1, 0.15) is 18.1 Å². The zero-order chi connectivity index (χ0) is 22.8. The average Bonchev–Trinajstić information content (AvgIpc) is 3.04. The van der Waals surface area contributed by atoms with E-state index in [1.165, 1.54) is 0 Å². The number of benzene rings is 2. The third kappa shape index (κ3) is 3.85. The van der Waals surface area contributed by atoms with Crippen LogP contribution in [-0.2, 0) is 9.59 Å². The van der Waals surface area contributed by atoms with Gasteiger partial charge in [-0.1, -0.05) is 44.0 Å². The minimum Gasteiger partial charge on any atom is -0.507 e. The molecule has 0 aliphatic carbocycles. The molecule has 1 saturated heterocycles. The van der Waals surface area contributed by atoms with Crippen LogP contribution < -0.4 is 9.64 Å². The quantitative estimate of drug-likeness (QED) is 0.315. The maximum absolute atomic E-state index is 13.2. The number of ketones is 1. The Morgan fingerprint density at radius 1 is 1.16 bits per heavy atom. The molecule has 1 amide bonds. The number of rotatable bonds is 6. The molecule has 4 rings (SSSR count). The Balaban J connectivity index is 1.83. The molecule has 32 heavy (non-hydrogen) atoms. The molecule has 2 heterocycles. The fourth-order valence-electron chi connectivity index (χ4n) is 4.51. The lowest BCUT2D eigenvalue weighted by Gasteiger charge is -2.28. The Morgan fingerprint density at radius 3 is 2.69 bits per heavy atom. The van der Waals surface area contributed by atoms with E-state index in [-0.39, 0.29) is 11.3 Å². The highest BCUT2D eigenvalue weighted by molar-refractivity contribution is 6.46. The van der Waals surface area contributed by atoms with Crippen molar-refractivity contribution in [2.75, 3.05) is 31.6 Å². The summed E-state index contributed by atoms with van der Waals surface area (Å²) in [5.41, 5.74) is 3.35. The standard InChI is InChI=1S/C26H30N2O4/c1-4-5-8-13-28-23(19-10-7-6-9-17(19)2)22(25(30)26(28)31)24(29)18-11-12-21-20(16-18)27(3)14-15-32-21/h6-7,9-12,16,23,29H,4-5,8,13-15H2,1-3H3/b24-22+. The van der Waals surface area contributed by atoms with E-state index in [4.69, 9.17) is 4.74 Å². The number of nitrogens with zero attached hydrogens (tertiary/aromatic N) is 2. The highest BCUT2D eigenvalue weighted by Gasteiger charge is 2.46. The first kappa shape index (κ1) is 21.9. The number of anilines is 1. The number of aliphatic hydroxyl groups is 1. The first-order valence-electron chi connectivity index (χ1n) is 11.3. The Morgan fingerprint density at radius 2 is 1.94 bits per heavy atom. The van der Waals surface area contributed by atoms with E-state index in [9.17, 15) is 14.7 Å². The molecule has 1 atom stereocenters. The SMILES string of the molecule is CCCCCN1C(=O)C(=O)/C(=C(/O)c2ccc3c(c2)N(C)CCO3)C1c1ccccc1C. The van der Waals surface area contributed by atoms with Gasteiger partial charge in [0.2, 0.25) is 0 Å². The zero-order valence-corrected chi connectivity index (χ0v) is 18.9. The third-order valence-corrected chi connectivity index (χ3v) is 6.35. The molecule has 2 aliphatic rings. The second-order valence-electron chi connectivity index (χ2n) is 8.51. The van der Waals surface area contributed by atoms with E-state index >= 15 is 0 Å². The van der Waals surface area contributed by atoms with Crippen molar-refractivity contribution in [1.29, 1.82) is 0 Å². The van der Waals surface area contributed by atoms with Crippen LogP contribution in [0.25, 0.3) is 5.76 Å². The van der Waals surface area contributed by atoms with Gasteiger partial charge < -0.3 is 19.6 Å². The number of amides is 1. The van der Waals surface area contributed by atoms with Gasteiger partial charge in [-0.05, 0) is 42.7 Å². The summed E-state index contributed by atoms with van der Waals surface area (Å²) < 4.78 is 5.70. The van der Waals surface area contributed by atoms with E-state index in [1.807, 2.05) is 44.3 Å². The molecule has 1 unspecified atom stereocenters. The van der Waals surface area contributed by atoms with Gasteiger partial charge in [0, 0.05) is 19.2 Å². The minimum absolute atomic E-state index is 0.142. The van der Waals surface area contributed by atoms with Crippen molar-refractivity contribution in [1.82, 2.24) is 4.90 Å². The lowest BCUT2D eigenvalue weighted by molar-refractivity contribution is -0.139. The summed E-state index contributed by atoms with van der Waals surface area (Å²) in [6.07, 6.45) is 2.80. The Hall–Kier alpha value is -3.28. The molecular weight excluding hydrogens is 404 g/mol. The Bertz CT molecular complexity index is 1080. The van der Waals surface area contributed by atoms with E-state index in [0.29, 0.717) is 18.7 Å². The summed E-state index contributed by atoms with van der Waals surface area (Å²) in [5, 5.41) is 11.3. The molecule has 1 N–H and O–H groups in total. The van der Waals surface area contributed by atoms with Gasteiger partial charge in [0.05, 0.1) is 23.8 Å². The highest BCUT2D eigenvalue weighted by Crippen LogP contribution is 2.42. The zero-order valence-electron chi connectivity index (χ0n) is 18.9. The number of aliphatic hydroxyl groups excluding tert-OH is 1. The Kier molecular flexibility index (Phi) is 6.21. The fraction of sp³-hybridized carbons (Fsp3) is 0.385. The molecule has 1 fully saturated rings. The number of likely N-dealkylation sites (tertiary alicyclic amines) is 1. The van der Waals surface area contributed by atoms with Crippen LogP contribution in [-0.4, -0.2) is 48.4 Å². The second kappa shape index (κ2) is 9.07. The van der Waals surface area contributed by atoms with Crippen LogP contribution in [0, 0.1) is 6.92 Å². The first-order chi connectivity index (χ1) is 15.4. The summed E-state index contributed by atoms with van der Waals surface area (Å²) in [4.78, 5) is 29.9. The predicted octanol–water partition coefficient (Wildman–Crippen LogP) is 4.44. The minimum atomic E-state index is -0.630. The van der Waals surface area contributed by atoms with Crippen molar-refractivity contribution in [2.24, 2.45) is 0 Å². The molecule has 2 aromatic carbocycles. The topological polar surface area (TPSA) is 70.1 Å². The summed E-state index contributed by atoms with van der Waals surface area (Å²) in [6, 6.07) is 12.5. The molecule has 0 bridgehead atoms. The number of aryl methyl sites for hydroxylation is 1. The molecule has 6 nitrogen and oxygen atoms in total. The highest BCUT2D eigenvalue weighted by atomic mass is 16.5. The van der Waals surface area contributed by atoms with E-state index in [1.54, 1.807) is 17.0 Å². The molecule has 0 saturated carbocycles. The van der Waals surface area contributed by atoms with Gasteiger partial charge in [-0.2, -0.15) is 0 Å². The molecule has 168 valence electrons. The first-order valence-corrected chi connectivity index (χ1v) is 11.3. The summed E-state index contributed by atoms with van der Waals surface area (Å²) in [7, 11) is 1.96. The van der Waals surface area contributed by atoms with Crippen LogP contribution in [0.2, 0.25) is 0 Å². The van der Waals surface area contributed by atoms with Crippen molar-refractivity contribution in [2.45, 2.75) is 39.2 Å². The van der Waals surface area contributed by atoms with Gasteiger partial charge in [0.25, 0.3) is 11.7 Å². The van der Waals surface area contributed by atoms with E-state index in [2.05, 4.69) is 11.8 Å². The molecule has 6 heteroatoms. The van der Waals surface area contributed by atoms with Crippen molar-refractivity contribution in [3.05, 3.63) is 64.7 Å². The number of carbonyl (C=O) groups excluding carboxylic acids is 2. The van der Waals surface area contributed by atoms with Crippen molar-refractivity contribution >= 4 is 23.1 Å². The lowest BCUT2D eigenvalue weighted by Crippen LogP contribution is -2.31. The summed E-state index contributed by atoms with van der Waals surface area (Å²) in [5.74, 6) is -0.578. The Labute approximate surface area is 189 Å². The molecule has 0 aromatic heterocycles. The van der Waals surface area contributed by atoms with Crippen molar-refractivity contribution in [3.63, 3.8) is 0 Å².